The summed E-state index contributed by atoms with van der Waals surface area (Å²) in [7, 11) is 0. The molecule has 0 atom stereocenters. The summed E-state index contributed by atoms with van der Waals surface area (Å²) in [5.41, 5.74) is 0. The van der Waals surface area contributed by atoms with Crippen LogP contribution in [0.4, 0.5) is 0 Å². The van der Waals surface area contributed by atoms with Gasteiger partial charge in [-0.25, -0.2) is 0 Å². The first-order valence-electron chi connectivity index (χ1n) is 3.05. The van der Waals surface area contributed by atoms with Gasteiger partial charge in [0.05, 0.1) is 0 Å². The monoisotopic (exact) mass is 244 g/mol. The van der Waals surface area contributed by atoms with E-state index in [2.05, 4.69) is 41.3 Å². The first kappa shape index (κ1) is 9.08. The lowest BCUT2D eigenvalue weighted by molar-refractivity contribution is 1.09. The van der Waals surface area contributed by atoms with Crippen LogP contribution in [0.5, 0.6) is 0 Å². The number of thioether (sulfide) groups is 1. The number of hydrogen-bond acceptors (Lipinski definition) is 1. The highest BCUT2D eigenvalue weighted by molar-refractivity contribution is 14.1. The molecule has 0 N–H and O–H groups in total. The molecular weight excluding hydrogens is 231 g/mol. The predicted molar refractivity (Wildman–Crippen MR) is 51.1 cm³/mol. The first-order valence-corrected chi connectivity index (χ1v) is 5.73. The Kier molecular flexibility index (Phi) is 9.17. The van der Waals surface area contributed by atoms with Gasteiger partial charge in [-0.15, -0.1) is 0 Å². The van der Waals surface area contributed by atoms with Crippen LogP contribution < -0.4 is 0 Å². The zero-order valence-corrected chi connectivity index (χ0v) is 8.30. The molecule has 0 spiro atoms. The van der Waals surface area contributed by atoms with Crippen LogP contribution in [-0.2, 0) is 0 Å². The van der Waals surface area contributed by atoms with Crippen LogP contribution in [-0.4, -0.2) is 15.9 Å². The Morgan fingerprint density at radius 2 is 2.12 bits per heavy atom. The van der Waals surface area contributed by atoms with Crippen LogP contribution in [0.2, 0.25) is 0 Å². The number of halogens is 1. The molecule has 0 fully saturated rings. The minimum absolute atomic E-state index is 1.31. The fourth-order valence-electron chi connectivity index (χ4n) is 0.403. The molecule has 2 heteroatoms. The van der Waals surface area contributed by atoms with E-state index in [1.54, 1.807) is 0 Å². The maximum Gasteiger partial charge on any atom is 0.000312 e. The topological polar surface area (TPSA) is 0 Å². The van der Waals surface area contributed by atoms with Crippen molar-refractivity contribution in [2.75, 3.05) is 15.9 Å². The van der Waals surface area contributed by atoms with E-state index < -0.39 is 0 Å². The van der Waals surface area contributed by atoms with Crippen LogP contribution in [0.25, 0.3) is 0 Å². The van der Waals surface area contributed by atoms with Gasteiger partial charge in [0.15, 0.2) is 0 Å². The summed E-state index contributed by atoms with van der Waals surface area (Å²) in [5.74, 6) is 2.70. The summed E-state index contributed by atoms with van der Waals surface area (Å²) in [5, 5.41) is 0. The normalized spacial score (nSPS) is 9.75. The van der Waals surface area contributed by atoms with Gasteiger partial charge in [0.1, 0.15) is 0 Å². The second-order valence-electron chi connectivity index (χ2n) is 1.65. The van der Waals surface area contributed by atoms with Crippen molar-refractivity contribution in [3.63, 3.8) is 0 Å². The van der Waals surface area contributed by atoms with Crippen molar-refractivity contribution in [2.24, 2.45) is 0 Å². The largest absolute Gasteiger partial charge is 0.162 e. The second-order valence-corrected chi connectivity index (χ2v) is 3.96. The zero-order valence-electron chi connectivity index (χ0n) is 5.32. The summed E-state index contributed by atoms with van der Waals surface area (Å²) in [6, 6.07) is 0. The summed E-state index contributed by atoms with van der Waals surface area (Å²) in [6.07, 6.45) is 2.71. The van der Waals surface area contributed by atoms with E-state index in [1.807, 2.05) is 0 Å². The molecule has 0 aliphatic rings. The number of rotatable bonds is 5. The van der Waals surface area contributed by atoms with Crippen molar-refractivity contribution in [3.05, 3.63) is 0 Å². The van der Waals surface area contributed by atoms with Gasteiger partial charge in [-0.3, -0.25) is 0 Å². The molecule has 50 valence electrons. The van der Waals surface area contributed by atoms with Gasteiger partial charge in [0, 0.05) is 4.43 Å². The third-order valence-electron chi connectivity index (χ3n) is 0.771. The van der Waals surface area contributed by atoms with Gasteiger partial charge in [-0.05, 0) is 24.3 Å². The maximum atomic E-state index is 2.43. The Labute approximate surface area is 69.9 Å². The fourth-order valence-corrected chi connectivity index (χ4v) is 2.14. The van der Waals surface area contributed by atoms with Gasteiger partial charge >= 0.3 is 0 Å². The Balaban J connectivity index is 2.53. The van der Waals surface area contributed by atoms with Crippen molar-refractivity contribution in [1.82, 2.24) is 0 Å². The van der Waals surface area contributed by atoms with Crippen molar-refractivity contribution in [2.45, 2.75) is 19.8 Å². The third kappa shape index (κ3) is 7.08. The average Bonchev–Trinajstić information content (AvgIpc) is 1.81. The molecule has 0 aliphatic heterocycles. The first-order chi connectivity index (χ1) is 3.91. The quantitative estimate of drug-likeness (QED) is 0.407. The highest BCUT2D eigenvalue weighted by atomic mass is 127. The molecule has 0 aliphatic carbocycles. The van der Waals surface area contributed by atoms with E-state index in [4.69, 9.17) is 0 Å². The van der Waals surface area contributed by atoms with Crippen molar-refractivity contribution >= 4 is 34.4 Å². The van der Waals surface area contributed by atoms with Crippen LogP contribution in [0.3, 0.4) is 0 Å². The molecule has 0 unspecified atom stereocenters. The van der Waals surface area contributed by atoms with Crippen LogP contribution >= 0.6 is 34.4 Å². The molecule has 0 aromatic carbocycles. The lowest BCUT2D eigenvalue weighted by Gasteiger charge is -1.93. The minimum atomic E-state index is 1.31. The van der Waals surface area contributed by atoms with Crippen LogP contribution in [0.1, 0.15) is 19.8 Å². The van der Waals surface area contributed by atoms with E-state index in [-0.39, 0.29) is 0 Å². The highest BCUT2D eigenvalue weighted by Crippen LogP contribution is 2.04. The molecular formula is C6H13IS. The van der Waals surface area contributed by atoms with Gasteiger partial charge in [0.2, 0.25) is 0 Å². The Hall–Kier alpha value is 1.08. The predicted octanol–water partition coefficient (Wildman–Crippen LogP) is 2.95. The van der Waals surface area contributed by atoms with Gasteiger partial charge < -0.3 is 0 Å². The average molecular weight is 244 g/mol. The minimum Gasteiger partial charge on any atom is -0.162 e. The van der Waals surface area contributed by atoms with Crippen LogP contribution in [0.15, 0.2) is 0 Å². The molecule has 0 amide bonds. The third-order valence-corrected chi connectivity index (χ3v) is 2.81. The van der Waals surface area contributed by atoms with Gasteiger partial charge in [-0.1, -0.05) is 29.5 Å². The SMILES string of the molecule is CCCSCCCI. The highest BCUT2D eigenvalue weighted by Gasteiger charge is 1.83. The summed E-state index contributed by atoms with van der Waals surface area (Å²) >= 11 is 4.50. The molecule has 0 heterocycles. The Morgan fingerprint density at radius 3 is 2.62 bits per heavy atom. The molecule has 0 aromatic heterocycles. The molecule has 0 nitrogen and oxygen atoms in total. The van der Waals surface area contributed by atoms with E-state index in [0.717, 1.165) is 0 Å². The van der Waals surface area contributed by atoms with Crippen molar-refractivity contribution in [1.29, 1.82) is 0 Å². The zero-order chi connectivity index (χ0) is 6.24. The van der Waals surface area contributed by atoms with Gasteiger partial charge in [-0.2, -0.15) is 11.8 Å². The van der Waals surface area contributed by atoms with Crippen LogP contribution in [0, 0.1) is 0 Å². The smallest absolute Gasteiger partial charge is 0.000312 e. The Morgan fingerprint density at radius 1 is 1.38 bits per heavy atom. The van der Waals surface area contributed by atoms with Gasteiger partial charge in [0.25, 0.3) is 0 Å². The molecule has 8 heavy (non-hydrogen) atoms. The Bertz CT molecular complexity index is 33.5. The summed E-state index contributed by atoms with van der Waals surface area (Å²) in [4.78, 5) is 0. The summed E-state index contributed by atoms with van der Waals surface area (Å²) < 4.78 is 1.31. The lowest BCUT2D eigenvalue weighted by Crippen LogP contribution is -1.81. The lowest BCUT2D eigenvalue weighted by atomic mass is 10.6. The molecule has 0 saturated heterocycles. The molecule has 0 radical (unpaired) electrons. The molecule has 0 bridgehead atoms. The van der Waals surface area contributed by atoms with Crippen molar-refractivity contribution in [3.8, 4) is 0 Å². The number of alkyl halides is 1. The van der Waals surface area contributed by atoms with Crippen molar-refractivity contribution < 1.29 is 0 Å². The molecule has 0 rings (SSSR count). The molecule has 0 aromatic rings. The number of hydrogen-bond donors (Lipinski definition) is 0. The maximum absolute atomic E-state index is 2.43. The van der Waals surface area contributed by atoms with E-state index >= 15 is 0 Å². The standard InChI is InChI=1S/C6H13IS/c1-2-5-8-6-3-4-7/h2-6H2,1H3. The van der Waals surface area contributed by atoms with E-state index in [9.17, 15) is 0 Å². The molecule has 0 saturated carbocycles. The fraction of sp³-hybridized carbons (Fsp3) is 1.00. The van der Waals surface area contributed by atoms with E-state index in [0.29, 0.717) is 0 Å². The second kappa shape index (κ2) is 8.08. The van der Waals surface area contributed by atoms with E-state index in [1.165, 1.54) is 28.8 Å². The summed E-state index contributed by atoms with van der Waals surface area (Å²) in [6.45, 7) is 2.23.